The number of nitrogens with one attached hydrogen (secondary N) is 1. The Morgan fingerprint density at radius 3 is 2.67 bits per heavy atom. The first-order valence-electron chi connectivity index (χ1n) is 6.35. The summed E-state index contributed by atoms with van der Waals surface area (Å²) in [6.07, 6.45) is 4.25. The van der Waals surface area contributed by atoms with E-state index in [1.807, 2.05) is 24.1 Å². The second kappa shape index (κ2) is 4.57. The molecule has 5 heteroatoms. The van der Waals surface area contributed by atoms with Crippen molar-refractivity contribution in [1.82, 2.24) is 9.88 Å². The average Bonchev–Trinajstić information content (AvgIpc) is 2.77. The van der Waals surface area contributed by atoms with Crippen molar-refractivity contribution in [3.8, 4) is 0 Å². The van der Waals surface area contributed by atoms with E-state index in [2.05, 4.69) is 10.3 Å². The zero-order chi connectivity index (χ0) is 12.5. The minimum absolute atomic E-state index is 0.0605. The number of likely N-dealkylation sites (tertiary alicyclic amines) is 1. The molecule has 0 spiro atoms. The molecule has 5 nitrogen and oxygen atoms in total. The molecule has 0 aromatic carbocycles. The number of hydrogen-bond donors (Lipinski definition) is 1. The maximum atomic E-state index is 12.3. The fourth-order valence-electron chi connectivity index (χ4n) is 2.63. The first-order valence-corrected chi connectivity index (χ1v) is 6.35. The first-order chi connectivity index (χ1) is 8.76. The highest BCUT2D eigenvalue weighted by Crippen LogP contribution is 2.27. The fourth-order valence-corrected chi connectivity index (χ4v) is 2.63. The Kier molecular flexibility index (Phi) is 2.91. The average molecular weight is 247 g/mol. The van der Waals surface area contributed by atoms with E-state index in [1.165, 1.54) is 0 Å². The van der Waals surface area contributed by atoms with Crippen molar-refractivity contribution < 1.29 is 9.53 Å². The zero-order valence-electron chi connectivity index (χ0n) is 10.4. The summed E-state index contributed by atoms with van der Waals surface area (Å²) >= 11 is 0. The van der Waals surface area contributed by atoms with Crippen LogP contribution in [0.25, 0.3) is 0 Å². The lowest BCUT2D eigenvalue weighted by atomic mass is 10.2. The first kappa shape index (κ1) is 11.5. The standard InChI is InChI=1S/C13H17N3O2/c1-14-12-5-2-9(6-15-12)13(17)16-7-10-3-4-11(8-16)18-10/h2,5-6,10-11H,3-4,7-8H2,1H3,(H,14,15). The monoisotopic (exact) mass is 247 g/mol. The highest BCUT2D eigenvalue weighted by molar-refractivity contribution is 5.94. The number of amides is 1. The maximum absolute atomic E-state index is 12.3. The van der Waals surface area contributed by atoms with Crippen LogP contribution in [-0.2, 0) is 4.74 Å². The molecular weight excluding hydrogens is 230 g/mol. The van der Waals surface area contributed by atoms with E-state index in [4.69, 9.17) is 4.74 Å². The molecule has 1 amide bonds. The van der Waals surface area contributed by atoms with Gasteiger partial charge in [-0.15, -0.1) is 0 Å². The van der Waals surface area contributed by atoms with Crippen molar-refractivity contribution in [3.63, 3.8) is 0 Å². The van der Waals surface area contributed by atoms with E-state index in [1.54, 1.807) is 6.20 Å². The van der Waals surface area contributed by atoms with Gasteiger partial charge in [0.2, 0.25) is 0 Å². The molecule has 96 valence electrons. The highest BCUT2D eigenvalue weighted by Gasteiger charge is 2.35. The van der Waals surface area contributed by atoms with Crippen molar-refractivity contribution in [3.05, 3.63) is 23.9 Å². The minimum Gasteiger partial charge on any atom is -0.373 e. The number of nitrogens with zero attached hydrogens (tertiary/aromatic N) is 2. The number of anilines is 1. The van der Waals surface area contributed by atoms with E-state index in [-0.39, 0.29) is 18.1 Å². The molecule has 2 fully saturated rings. The molecule has 0 aliphatic carbocycles. The van der Waals surface area contributed by atoms with E-state index in [0.717, 1.165) is 18.7 Å². The molecule has 0 radical (unpaired) electrons. The number of hydrogen-bond acceptors (Lipinski definition) is 4. The zero-order valence-corrected chi connectivity index (χ0v) is 10.4. The number of carbonyl (C=O) groups excluding carboxylic acids is 1. The molecule has 1 N–H and O–H groups in total. The Hall–Kier alpha value is -1.62. The molecular formula is C13H17N3O2. The van der Waals surface area contributed by atoms with Crippen LogP contribution >= 0.6 is 0 Å². The van der Waals surface area contributed by atoms with Gasteiger partial charge >= 0.3 is 0 Å². The number of rotatable bonds is 2. The molecule has 3 heterocycles. The molecule has 2 unspecified atom stereocenters. The van der Waals surface area contributed by atoms with Crippen molar-refractivity contribution in [2.45, 2.75) is 25.0 Å². The quantitative estimate of drug-likeness (QED) is 0.851. The Balaban J connectivity index is 1.73. The van der Waals surface area contributed by atoms with Crippen LogP contribution in [0.1, 0.15) is 23.2 Å². The predicted molar refractivity (Wildman–Crippen MR) is 67.6 cm³/mol. The van der Waals surface area contributed by atoms with Gasteiger partial charge in [0.25, 0.3) is 5.91 Å². The summed E-state index contributed by atoms with van der Waals surface area (Å²) in [5.41, 5.74) is 0.648. The summed E-state index contributed by atoms with van der Waals surface area (Å²) in [6.45, 7) is 1.42. The van der Waals surface area contributed by atoms with Crippen LogP contribution in [0.5, 0.6) is 0 Å². The predicted octanol–water partition coefficient (Wildman–Crippen LogP) is 1.13. The molecule has 2 aliphatic heterocycles. The summed E-state index contributed by atoms with van der Waals surface area (Å²) in [4.78, 5) is 18.4. The summed E-state index contributed by atoms with van der Waals surface area (Å²) in [5.74, 6) is 0.832. The fraction of sp³-hybridized carbons (Fsp3) is 0.538. The van der Waals surface area contributed by atoms with E-state index >= 15 is 0 Å². The lowest BCUT2D eigenvalue weighted by Gasteiger charge is -2.32. The van der Waals surface area contributed by atoms with Gasteiger partial charge in [0.15, 0.2) is 0 Å². The number of morpholine rings is 1. The van der Waals surface area contributed by atoms with Crippen LogP contribution < -0.4 is 5.32 Å². The van der Waals surface area contributed by atoms with Gasteiger partial charge in [0.1, 0.15) is 5.82 Å². The minimum atomic E-state index is 0.0605. The third kappa shape index (κ3) is 2.06. The summed E-state index contributed by atoms with van der Waals surface area (Å²) in [6, 6.07) is 3.64. The molecule has 18 heavy (non-hydrogen) atoms. The van der Waals surface area contributed by atoms with Gasteiger partial charge in [-0.1, -0.05) is 0 Å². The van der Waals surface area contributed by atoms with Crippen molar-refractivity contribution in [1.29, 1.82) is 0 Å². The molecule has 2 bridgehead atoms. The number of carbonyl (C=O) groups is 1. The smallest absolute Gasteiger partial charge is 0.255 e. The Bertz CT molecular complexity index is 434. The number of pyridine rings is 1. The largest absolute Gasteiger partial charge is 0.373 e. The highest BCUT2D eigenvalue weighted by atomic mass is 16.5. The van der Waals surface area contributed by atoms with Crippen molar-refractivity contribution in [2.75, 3.05) is 25.5 Å². The Morgan fingerprint density at radius 2 is 2.11 bits per heavy atom. The lowest BCUT2D eigenvalue weighted by Crippen LogP contribution is -2.45. The number of ether oxygens (including phenoxy) is 1. The molecule has 2 aliphatic rings. The molecule has 1 aromatic heterocycles. The summed E-state index contributed by atoms with van der Waals surface area (Å²) in [7, 11) is 1.81. The van der Waals surface area contributed by atoms with Crippen LogP contribution in [0.15, 0.2) is 18.3 Å². The SMILES string of the molecule is CNc1ccc(C(=O)N2CC3CCC(C2)O3)cn1. The van der Waals surface area contributed by atoms with Gasteiger partial charge in [-0.2, -0.15) is 0 Å². The van der Waals surface area contributed by atoms with Crippen LogP contribution in [0.3, 0.4) is 0 Å². The Labute approximate surface area is 106 Å². The van der Waals surface area contributed by atoms with Crippen LogP contribution in [-0.4, -0.2) is 48.1 Å². The third-order valence-electron chi connectivity index (χ3n) is 3.60. The molecule has 0 saturated carbocycles. The number of aromatic nitrogens is 1. The number of fused-ring (bicyclic) bond motifs is 2. The van der Waals surface area contributed by atoms with Gasteiger partial charge in [-0.25, -0.2) is 4.98 Å². The van der Waals surface area contributed by atoms with Crippen LogP contribution in [0.2, 0.25) is 0 Å². The van der Waals surface area contributed by atoms with Crippen LogP contribution in [0, 0.1) is 0 Å². The maximum Gasteiger partial charge on any atom is 0.255 e. The topological polar surface area (TPSA) is 54.5 Å². The molecule has 1 aromatic rings. The van der Waals surface area contributed by atoms with Gasteiger partial charge in [0, 0.05) is 26.3 Å². The van der Waals surface area contributed by atoms with Gasteiger partial charge in [-0.3, -0.25) is 4.79 Å². The van der Waals surface area contributed by atoms with E-state index < -0.39 is 0 Å². The van der Waals surface area contributed by atoms with Gasteiger partial charge in [0.05, 0.1) is 17.8 Å². The molecule has 3 rings (SSSR count). The van der Waals surface area contributed by atoms with Gasteiger partial charge < -0.3 is 15.0 Å². The molecule has 2 atom stereocenters. The summed E-state index contributed by atoms with van der Waals surface area (Å²) in [5, 5.41) is 2.94. The molecule has 2 saturated heterocycles. The second-order valence-electron chi connectivity index (χ2n) is 4.85. The lowest BCUT2D eigenvalue weighted by molar-refractivity contribution is -0.0303. The third-order valence-corrected chi connectivity index (χ3v) is 3.60. The van der Waals surface area contributed by atoms with E-state index in [0.29, 0.717) is 18.7 Å². The van der Waals surface area contributed by atoms with E-state index in [9.17, 15) is 4.79 Å². The second-order valence-corrected chi connectivity index (χ2v) is 4.85. The van der Waals surface area contributed by atoms with Crippen LogP contribution in [0.4, 0.5) is 5.82 Å². The van der Waals surface area contributed by atoms with Crippen molar-refractivity contribution in [2.24, 2.45) is 0 Å². The Morgan fingerprint density at radius 1 is 1.39 bits per heavy atom. The normalized spacial score (nSPS) is 26.2. The van der Waals surface area contributed by atoms with Crippen molar-refractivity contribution >= 4 is 11.7 Å². The summed E-state index contributed by atoms with van der Waals surface area (Å²) < 4.78 is 5.73. The van der Waals surface area contributed by atoms with Gasteiger partial charge in [-0.05, 0) is 25.0 Å².